The summed E-state index contributed by atoms with van der Waals surface area (Å²) in [6, 6.07) is 0.392. The first-order valence-corrected chi connectivity index (χ1v) is 5.59. The van der Waals surface area contributed by atoms with E-state index in [4.69, 9.17) is 10.5 Å². The van der Waals surface area contributed by atoms with E-state index in [1.807, 2.05) is 19.4 Å². The van der Waals surface area contributed by atoms with Crippen molar-refractivity contribution >= 4 is 0 Å². The van der Waals surface area contributed by atoms with E-state index in [1.165, 1.54) is 0 Å². The van der Waals surface area contributed by atoms with Gasteiger partial charge in [0.1, 0.15) is 0 Å². The highest BCUT2D eigenvalue weighted by Gasteiger charge is 2.18. The van der Waals surface area contributed by atoms with Crippen molar-refractivity contribution in [2.45, 2.75) is 44.4 Å². The number of nitrogens with two attached hydrogens (primary N) is 1. The molecule has 1 fully saturated rings. The van der Waals surface area contributed by atoms with Crippen molar-refractivity contribution in [3.05, 3.63) is 18.0 Å². The molecule has 0 atom stereocenters. The van der Waals surface area contributed by atoms with Gasteiger partial charge in [0.2, 0.25) is 0 Å². The number of aryl methyl sites for hydroxylation is 1. The summed E-state index contributed by atoms with van der Waals surface area (Å²) in [5, 5.41) is 4.11. The molecule has 4 nitrogen and oxygen atoms in total. The first-order valence-electron chi connectivity index (χ1n) is 5.59. The van der Waals surface area contributed by atoms with Gasteiger partial charge in [-0.05, 0) is 25.7 Å². The molecular weight excluding hydrogens is 190 g/mol. The van der Waals surface area contributed by atoms with E-state index in [2.05, 4.69) is 5.10 Å². The summed E-state index contributed by atoms with van der Waals surface area (Å²) < 4.78 is 7.62. The Morgan fingerprint density at radius 3 is 2.80 bits per heavy atom. The molecule has 84 valence electrons. The Bertz CT molecular complexity index is 303. The lowest BCUT2D eigenvalue weighted by atomic mass is 9.94. The van der Waals surface area contributed by atoms with Crippen LogP contribution in [0.5, 0.6) is 0 Å². The van der Waals surface area contributed by atoms with Crippen LogP contribution in [0, 0.1) is 0 Å². The van der Waals surface area contributed by atoms with Crippen molar-refractivity contribution in [1.29, 1.82) is 0 Å². The van der Waals surface area contributed by atoms with E-state index >= 15 is 0 Å². The lowest BCUT2D eigenvalue weighted by Crippen LogP contribution is -2.30. The molecule has 0 unspecified atom stereocenters. The molecule has 0 radical (unpaired) electrons. The summed E-state index contributed by atoms with van der Waals surface area (Å²) >= 11 is 0. The molecular formula is C11H19N3O. The van der Waals surface area contributed by atoms with Crippen molar-refractivity contribution in [3.63, 3.8) is 0 Å². The highest BCUT2D eigenvalue weighted by molar-refractivity contribution is 5.01. The van der Waals surface area contributed by atoms with Gasteiger partial charge in [0.25, 0.3) is 0 Å². The second-order valence-corrected chi connectivity index (χ2v) is 4.37. The van der Waals surface area contributed by atoms with Gasteiger partial charge in [0, 0.05) is 24.8 Å². The summed E-state index contributed by atoms with van der Waals surface area (Å²) in [7, 11) is 1.92. The molecule has 0 aromatic carbocycles. The molecule has 1 aromatic heterocycles. The summed E-state index contributed by atoms with van der Waals surface area (Å²) in [6.45, 7) is 0.674. The van der Waals surface area contributed by atoms with E-state index in [0.29, 0.717) is 18.8 Å². The molecule has 0 amide bonds. The van der Waals surface area contributed by atoms with Crippen LogP contribution in [0.3, 0.4) is 0 Å². The third-order valence-electron chi connectivity index (χ3n) is 2.96. The summed E-state index contributed by atoms with van der Waals surface area (Å²) in [5.74, 6) is 0. The zero-order chi connectivity index (χ0) is 10.7. The minimum absolute atomic E-state index is 0.392. The van der Waals surface area contributed by atoms with E-state index in [1.54, 1.807) is 4.68 Å². The average Bonchev–Trinajstić information content (AvgIpc) is 2.64. The molecule has 1 aliphatic carbocycles. The standard InChI is InChI=1S/C11H19N3O/c1-14-7-9(6-13-14)8-15-11-4-2-10(12)3-5-11/h6-7,10-11H,2-5,8,12H2,1H3. The van der Waals surface area contributed by atoms with Crippen LogP contribution < -0.4 is 5.73 Å². The first-order chi connectivity index (χ1) is 7.24. The molecule has 0 spiro atoms. The SMILES string of the molecule is Cn1cc(COC2CCC(N)CC2)cn1. The zero-order valence-electron chi connectivity index (χ0n) is 9.22. The van der Waals surface area contributed by atoms with Crippen molar-refractivity contribution in [2.24, 2.45) is 12.8 Å². The van der Waals surface area contributed by atoms with Crippen LogP contribution in [0.2, 0.25) is 0 Å². The molecule has 2 N–H and O–H groups in total. The van der Waals surface area contributed by atoms with E-state index in [9.17, 15) is 0 Å². The molecule has 0 saturated heterocycles. The number of aromatic nitrogens is 2. The van der Waals surface area contributed by atoms with Crippen LogP contribution in [-0.4, -0.2) is 21.9 Å². The van der Waals surface area contributed by atoms with Gasteiger partial charge in [0.05, 0.1) is 18.9 Å². The second-order valence-electron chi connectivity index (χ2n) is 4.37. The Balaban J connectivity index is 1.74. The predicted octanol–water partition coefficient (Wildman–Crippen LogP) is 1.21. The van der Waals surface area contributed by atoms with Gasteiger partial charge in [-0.1, -0.05) is 0 Å². The number of hydrogen-bond donors (Lipinski definition) is 1. The third-order valence-corrected chi connectivity index (χ3v) is 2.96. The van der Waals surface area contributed by atoms with E-state index in [-0.39, 0.29) is 0 Å². The van der Waals surface area contributed by atoms with E-state index < -0.39 is 0 Å². The maximum atomic E-state index is 5.84. The molecule has 1 heterocycles. The van der Waals surface area contributed by atoms with Gasteiger partial charge in [-0.2, -0.15) is 5.10 Å². The maximum absolute atomic E-state index is 5.84. The molecule has 15 heavy (non-hydrogen) atoms. The Morgan fingerprint density at radius 2 is 2.20 bits per heavy atom. The fraction of sp³-hybridized carbons (Fsp3) is 0.727. The third kappa shape index (κ3) is 3.04. The highest BCUT2D eigenvalue weighted by atomic mass is 16.5. The second kappa shape index (κ2) is 4.77. The van der Waals surface area contributed by atoms with Crippen LogP contribution in [0.4, 0.5) is 0 Å². The maximum Gasteiger partial charge on any atom is 0.0751 e. The fourth-order valence-corrected chi connectivity index (χ4v) is 2.02. The summed E-state index contributed by atoms with van der Waals surface area (Å²) in [4.78, 5) is 0. The Kier molecular flexibility index (Phi) is 3.38. The summed E-state index contributed by atoms with van der Waals surface area (Å²) in [6.07, 6.45) is 8.63. The van der Waals surface area contributed by atoms with Crippen LogP contribution in [0.25, 0.3) is 0 Å². The normalized spacial score (nSPS) is 26.8. The fourth-order valence-electron chi connectivity index (χ4n) is 2.02. The summed E-state index contributed by atoms with van der Waals surface area (Å²) in [5.41, 5.74) is 6.98. The predicted molar refractivity (Wildman–Crippen MR) is 58.2 cm³/mol. The van der Waals surface area contributed by atoms with E-state index in [0.717, 1.165) is 31.2 Å². The lowest BCUT2D eigenvalue weighted by Gasteiger charge is -2.25. The van der Waals surface area contributed by atoms with Gasteiger partial charge in [0.15, 0.2) is 0 Å². The monoisotopic (exact) mass is 209 g/mol. The van der Waals surface area contributed by atoms with Gasteiger partial charge >= 0.3 is 0 Å². The molecule has 2 rings (SSSR count). The number of nitrogens with zero attached hydrogens (tertiary/aromatic N) is 2. The molecule has 1 aromatic rings. The Hall–Kier alpha value is -0.870. The van der Waals surface area contributed by atoms with Crippen molar-refractivity contribution in [2.75, 3.05) is 0 Å². The van der Waals surface area contributed by atoms with Crippen molar-refractivity contribution in [3.8, 4) is 0 Å². The number of hydrogen-bond acceptors (Lipinski definition) is 3. The topological polar surface area (TPSA) is 53.1 Å². The van der Waals surface area contributed by atoms with Crippen LogP contribution in [0.15, 0.2) is 12.4 Å². The quantitative estimate of drug-likeness (QED) is 0.814. The van der Waals surface area contributed by atoms with Gasteiger partial charge in [-0.3, -0.25) is 4.68 Å². The Labute approximate surface area is 90.4 Å². The highest BCUT2D eigenvalue weighted by Crippen LogP contribution is 2.20. The molecule has 1 aliphatic rings. The van der Waals surface area contributed by atoms with Crippen LogP contribution >= 0.6 is 0 Å². The molecule has 0 aliphatic heterocycles. The minimum atomic E-state index is 0.392. The lowest BCUT2D eigenvalue weighted by molar-refractivity contribution is 0.0138. The smallest absolute Gasteiger partial charge is 0.0751 e. The van der Waals surface area contributed by atoms with Crippen LogP contribution in [-0.2, 0) is 18.4 Å². The van der Waals surface area contributed by atoms with Crippen molar-refractivity contribution < 1.29 is 4.74 Å². The first kappa shape index (κ1) is 10.6. The minimum Gasteiger partial charge on any atom is -0.373 e. The van der Waals surface area contributed by atoms with Gasteiger partial charge in [-0.25, -0.2) is 0 Å². The van der Waals surface area contributed by atoms with Gasteiger partial charge < -0.3 is 10.5 Å². The van der Waals surface area contributed by atoms with Gasteiger partial charge in [-0.15, -0.1) is 0 Å². The number of ether oxygens (including phenoxy) is 1. The molecule has 1 saturated carbocycles. The van der Waals surface area contributed by atoms with Crippen molar-refractivity contribution in [1.82, 2.24) is 9.78 Å². The molecule has 4 heteroatoms. The Morgan fingerprint density at radius 1 is 1.47 bits per heavy atom. The molecule has 0 bridgehead atoms. The largest absolute Gasteiger partial charge is 0.373 e. The number of rotatable bonds is 3. The zero-order valence-corrected chi connectivity index (χ0v) is 9.22. The van der Waals surface area contributed by atoms with Crippen LogP contribution in [0.1, 0.15) is 31.2 Å². The average molecular weight is 209 g/mol.